The van der Waals surface area contributed by atoms with Crippen molar-refractivity contribution in [1.82, 2.24) is 0 Å². The first kappa shape index (κ1) is 21.6. The maximum Gasteiger partial charge on any atom is 0.143 e. The summed E-state index contributed by atoms with van der Waals surface area (Å²) in [6.07, 6.45) is 0. The van der Waals surface area contributed by atoms with Crippen molar-refractivity contribution in [3.8, 4) is 44.9 Å². The Bertz CT molecular complexity index is 2280. The first-order valence-corrected chi connectivity index (χ1v) is 13.6. The Morgan fingerprint density at radius 2 is 1.15 bits per heavy atom. The van der Waals surface area contributed by atoms with Gasteiger partial charge in [0.2, 0.25) is 0 Å². The van der Waals surface area contributed by atoms with Gasteiger partial charge in [-0.1, -0.05) is 103 Å². The normalized spacial score (nSPS) is 12.2. The van der Waals surface area contributed by atoms with Gasteiger partial charge < -0.3 is 9.15 Å². The van der Waals surface area contributed by atoms with Crippen molar-refractivity contribution in [2.24, 2.45) is 0 Å². The van der Waals surface area contributed by atoms with E-state index in [0.717, 1.165) is 44.4 Å². The molecule has 0 radical (unpaired) electrons. The van der Waals surface area contributed by atoms with Crippen molar-refractivity contribution in [2.75, 3.05) is 0 Å². The van der Waals surface area contributed by atoms with Crippen LogP contribution >= 0.6 is 0 Å². The fourth-order valence-electron chi connectivity index (χ4n) is 6.38. The predicted molar refractivity (Wildman–Crippen MR) is 165 cm³/mol. The van der Waals surface area contributed by atoms with Crippen LogP contribution in [0, 0.1) is 0 Å². The van der Waals surface area contributed by atoms with Crippen molar-refractivity contribution < 1.29 is 9.15 Å². The van der Waals surface area contributed by atoms with E-state index in [1.54, 1.807) is 0 Å². The average Bonchev–Trinajstić information content (AvgIpc) is 3.41. The van der Waals surface area contributed by atoms with E-state index in [4.69, 9.17) is 9.15 Å². The van der Waals surface area contributed by atoms with Gasteiger partial charge in [-0.15, -0.1) is 0 Å². The first-order valence-electron chi connectivity index (χ1n) is 13.6. The minimum absolute atomic E-state index is 0.901. The van der Waals surface area contributed by atoms with Crippen LogP contribution < -0.4 is 4.74 Å². The van der Waals surface area contributed by atoms with Crippen molar-refractivity contribution in [3.63, 3.8) is 0 Å². The fraction of sp³-hybridized carbons (Fsp3) is 0. The summed E-state index contributed by atoms with van der Waals surface area (Å²) in [7, 11) is 0. The molecule has 2 heterocycles. The number of hydrogen-bond donors (Lipinski definition) is 0. The van der Waals surface area contributed by atoms with Gasteiger partial charge in [-0.05, 0) is 68.9 Å². The molecule has 0 spiro atoms. The summed E-state index contributed by atoms with van der Waals surface area (Å²) in [6.45, 7) is 0. The highest BCUT2D eigenvalue weighted by molar-refractivity contribution is 6.19. The number of furan rings is 1. The van der Waals surface area contributed by atoms with E-state index in [0.29, 0.717) is 0 Å². The van der Waals surface area contributed by atoms with Gasteiger partial charge in [0.1, 0.15) is 22.7 Å². The molecule has 186 valence electrons. The van der Waals surface area contributed by atoms with Crippen LogP contribution in [-0.2, 0) is 0 Å². The van der Waals surface area contributed by atoms with E-state index in [1.165, 1.54) is 44.0 Å². The van der Waals surface area contributed by atoms with Crippen LogP contribution in [0.4, 0.5) is 0 Å². The Kier molecular flexibility index (Phi) is 4.36. The fourth-order valence-corrected chi connectivity index (χ4v) is 6.38. The third-order valence-corrected chi connectivity index (χ3v) is 8.27. The molecule has 0 saturated heterocycles. The molecule has 0 amide bonds. The molecular formula is C38H22O2. The van der Waals surface area contributed by atoms with Crippen LogP contribution in [0.3, 0.4) is 0 Å². The smallest absolute Gasteiger partial charge is 0.143 e. The van der Waals surface area contributed by atoms with Crippen molar-refractivity contribution in [3.05, 3.63) is 133 Å². The SMILES string of the molecule is c1cc2c3c(cccc3c1)-c1cc(-c3ccc(-c4cccc5oc6c7ccccc7ccc6c45)cc3)ccc1O2. The van der Waals surface area contributed by atoms with E-state index >= 15 is 0 Å². The first-order chi connectivity index (χ1) is 19.8. The minimum atomic E-state index is 0.901. The Morgan fingerprint density at radius 1 is 0.400 bits per heavy atom. The Labute approximate surface area is 230 Å². The van der Waals surface area contributed by atoms with Crippen LogP contribution in [-0.4, -0.2) is 0 Å². The molecule has 0 atom stereocenters. The predicted octanol–water partition coefficient (Wildman–Crippen LogP) is 11.0. The lowest BCUT2D eigenvalue weighted by molar-refractivity contribution is 0.487. The zero-order valence-corrected chi connectivity index (χ0v) is 21.5. The number of benzene rings is 7. The van der Waals surface area contributed by atoms with Crippen molar-refractivity contribution >= 4 is 43.5 Å². The maximum absolute atomic E-state index is 6.41. The molecular weight excluding hydrogens is 488 g/mol. The lowest BCUT2D eigenvalue weighted by Crippen LogP contribution is -1.97. The number of ether oxygens (including phenoxy) is 1. The van der Waals surface area contributed by atoms with Gasteiger partial charge in [-0.2, -0.15) is 0 Å². The van der Waals surface area contributed by atoms with E-state index in [2.05, 4.69) is 127 Å². The van der Waals surface area contributed by atoms with E-state index in [-0.39, 0.29) is 0 Å². The van der Waals surface area contributed by atoms with Gasteiger partial charge in [0.05, 0.1) is 0 Å². The quantitative estimate of drug-likeness (QED) is 0.231. The van der Waals surface area contributed by atoms with Crippen molar-refractivity contribution in [2.45, 2.75) is 0 Å². The molecule has 1 aliphatic rings. The highest BCUT2D eigenvalue weighted by Crippen LogP contribution is 2.47. The largest absolute Gasteiger partial charge is 0.456 e. The summed E-state index contributed by atoms with van der Waals surface area (Å²) < 4.78 is 12.7. The average molecular weight is 511 g/mol. The zero-order chi connectivity index (χ0) is 26.2. The third-order valence-electron chi connectivity index (χ3n) is 8.27. The lowest BCUT2D eigenvalue weighted by Gasteiger charge is -2.22. The van der Waals surface area contributed by atoms with Gasteiger partial charge >= 0.3 is 0 Å². The van der Waals surface area contributed by atoms with E-state index in [1.807, 2.05) is 6.07 Å². The van der Waals surface area contributed by atoms with Crippen LogP contribution in [0.2, 0.25) is 0 Å². The van der Waals surface area contributed by atoms with Crippen LogP contribution in [0.15, 0.2) is 138 Å². The Morgan fingerprint density at radius 3 is 2.08 bits per heavy atom. The molecule has 0 N–H and O–H groups in total. The van der Waals surface area contributed by atoms with Gasteiger partial charge in [-0.3, -0.25) is 0 Å². The van der Waals surface area contributed by atoms with Gasteiger partial charge in [0.25, 0.3) is 0 Å². The van der Waals surface area contributed by atoms with E-state index < -0.39 is 0 Å². The number of rotatable bonds is 2. The Balaban J connectivity index is 1.15. The van der Waals surface area contributed by atoms with Gasteiger partial charge in [-0.25, -0.2) is 0 Å². The molecule has 0 fully saturated rings. The molecule has 0 saturated carbocycles. The molecule has 2 heteroatoms. The second-order valence-corrected chi connectivity index (χ2v) is 10.5. The zero-order valence-electron chi connectivity index (χ0n) is 21.5. The molecule has 0 unspecified atom stereocenters. The molecule has 40 heavy (non-hydrogen) atoms. The number of hydrogen-bond acceptors (Lipinski definition) is 2. The molecule has 8 aromatic rings. The van der Waals surface area contributed by atoms with Gasteiger partial charge in [0.15, 0.2) is 0 Å². The molecule has 2 nitrogen and oxygen atoms in total. The summed E-state index contributed by atoms with van der Waals surface area (Å²) in [5.74, 6) is 1.82. The molecule has 9 rings (SSSR count). The second-order valence-electron chi connectivity index (χ2n) is 10.5. The second kappa shape index (κ2) is 8.08. The standard InChI is InChI=1S/C38H22O2/c1-2-9-29-24(6-1)18-20-31-37-28(10-5-13-35(37)40-38(29)31)25-16-14-23(15-17-25)27-19-21-33-32(22-27)30-11-3-7-26-8-4-12-34(39-33)36(26)30/h1-22H. The summed E-state index contributed by atoms with van der Waals surface area (Å²) in [6, 6.07) is 47.2. The van der Waals surface area contributed by atoms with E-state index in [9.17, 15) is 0 Å². The van der Waals surface area contributed by atoms with Gasteiger partial charge in [0, 0.05) is 27.1 Å². The molecule has 1 aromatic heterocycles. The van der Waals surface area contributed by atoms with Crippen LogP contribution in [0.1, 0.15) is 0 Å². The van der Waals surface area contributed by atoms with Crippen molar-refractivity contribution in [1.29, 1.82) is 0 Å². The third kappa shape index (κ3) is 3.05. The summed E-state index contributed by atoms with van der Waals surface area (Å²) in [4.78, 5) is 0. The lowest BCUT2D eigenvalue weighted by atomic mass is 9.91. The summed E-state index contributed by atoms with van der Waals surface area (Å²) >= 11 is 0. The highest BCUT2D eigenvalue weighted by atomic mass is 16.5. The molecule has 7 aromatic carbocycles. The monoisotopic (exact) mass is 510 g/mol. The van der Waals surface area contributed by atoms with Crippen LogP contribution in [0.5, 0.6) is 11.5 Å². The molecule has 0 aliphatic carbocycles. The Hall–Kier alpha value is -5.34. The highest BCUT2D eigenvalue weighted by Gasteiger charge is 2.20. The number of fused-ring (bicyclic) bond motifs is 7. The summed E-state index contributed by atoms with van der Waals surface area (Å²) in [5.41, 5.74) is 8.91. The molecule has 1 aliphatic heterocycles. The van der Waals surface area contributed by atoms with Crippen LogP contribution in [0.25, 0.3) is 76.9 Å². The summed E-state index contributed by atoms with van der Waals surface area (Å²) in [5, 5.41) is 7.02. The molecule has 0 bridgehead atoms. The topological polar surface area (TPSA) is 22.4 Å². The maximum atomic E-state index is 6.41. The minimum Gasteiger partial charge on any atom is -0.456 e.